The predicted octanol–water partition coefficient (Wildman–Crippen LogP) is 3.31. The second-order valence-corrected chi connectivity index (χ2v) is 5.26. The minimum absolute atomic E-state index is 0.136. The molecule has 2 heterocycles. The molecule has 0 fully saturated rings. The summed E-state index contributed by atoms with van der Waals surface area (Å²) in [6.07, 6.45) is 0. The third-order valence-corrected chi connectivity index (χ3v) is 3.83. The topological polar surface area (TPSA) is 37.8 Å². The van der Waals surface area contributed by atoms with Gasteiger partial charge in [0.2, 0.25) is 0 Å². The van der Waals surface area contributed by atoms with Gasteiger partial charge in [-0.2, -0.15) is 0 Å². The van der Waals surface area contributed by atoms with Gasteiger partial charge >= 0.3 is 0 Å². The highest BCUT2D eigenvalue weighted by molar-refractivity contribution is 7.07. The summed E-state index contributed by atoms with van der Waals surface area (Å²) in [4.78, 5) is 8.93. The van der Waals surface area contributed by atoms with Crippen molar-refractivity contribution in [2.75, 3.05) is 7.05 Å². The highest BCUT2D eigenvalue weighted by Crippen LogP contribution is 2.24. The Balaban J connectivity index is 2.07. The maximum atomic E-state index is 4.53. The molecule has 1 unspecified atom stereocenters. The van der Waals surface area contributed by atoms with Gasteiger partial charge in [-0.1, -0.05) is 12.1 Å². The Morgan fingerprint density at radius 1 is 1.21 bits per heavy atom. The number of pyridine rings is 1. The number of hydrogen-bond acceptors (Lipinski definition) is 4. The lowest BCUT2D eigenvalue weighted by Gasteiger charge is -2.15. The summed E-state index contributed by atoms with van der Waals surface area (Å²) in [6.45, 7) is 2.01. The van der Waals surface area contributed by atoms with Gasteiger partial charge in [-0.3, -0.25) is 4.98 Å². The first kappa shape index (κ1) is 12.3. The van der Waals surface area contributed by atoms with Gasteiger partial charge in [0.05, 0.1) is 22.8 Å². The second-order valence-electron chi connectivity index (χ2n) is 4.54. The average Bonchev–Trinajstić information content (AvgIpc) is 2.93. The normalized spacial score (nSPS) is 12.7. The number of nitrogens with zero attached hydrogens (tertiary/aromatic N) is 2. The largest absolute Gasteiger partial charge is 0.308 e. The number of aryl methyl sites for hydroxylation is 1. The fourth-order valence-electron chi connectivity index (χ4n) is 2.28. The summed E-state index contributed by atoms with van der Waals surface area (Å²) in [5.74, 6) is 0. The zero-order valence-electron chi connectivity index (χ0n) is 10.9. The molecule has 0 aliphatic carbocycles. The van der Waals surface area contributed by atoms with Crippen LogP contribution in [0, 0.1) is 6.92 Å². The van der Waals surface area contributed by atoms with Crippen molar-refractivity contribution in [1.29, 1.82) is 0 Å². The van der Waals surface area contributed by atoms with Crippen molar-refractivity contribution in [1.82, 2.24) is 15.3 Å². The van der Waals surface area contributed by atoms with Crippen molar-refractivity contribution in [2.24, 2.45) is 0 Å². The van der Waals surface area contributed by atoms with Gasteiger partial charge < -0.3 is 5.32 Å². The highest BCUT2D eigenvalue weighted by Gasteiger charge is 2.14. The lowest BCUT2D eigenvalue weighted by atomic mass is 10.0. The SMILES string of the molecule is CNC(c1ccc2nc(C)ccc2c1)c1cscn1. The number of hydrogen-bond donors (Lipinski definition) is 1. The van der Waals surface area contributed by atoms with Crippen LogP contribution in [-0.4, -0.2) is 17.0 Å². The smallest absolute Gasteiger partial charge is 0.0795 e. The van der Waals surface area contributed by atoms with Crippen LogP contribution in [0.5, 0.6) is 0 Å². The summed E-state index contributed by atoms with van der Waals surface area (Å²) in [5, 5.41) is 6.57. The van der Waals surface area contributed by atoms with Gasteiger partial charge in [-0.15, -0.1) is 11.3 Å². The molecule has 2 aromatic heterocycles. The molecule has 19 heavy (non-hydrogen) atoms. The van der Waals surface area contributed by atoms with Crippen molar-refractivity contribution in [3.05, 3.63) is 58.2 Å². The van der Waals surface area contributed by atoms with Crippen LogP contribution >= 0.6 is 11.3 Å². The maximum absolute atomic E-state index is 4.53. The van der Waals surface area contributed by atoms with Gasteiger partial charge in [-0.05, 0) is 37.7 Å². The molecule has 3 rings (SSSR count). The van der Waals surface area contributed by atoms with Gasteiger partial charge in [0.25, 0.3) is 0 Å². The van der Waals surface area contributed by atoms with Crippen molar-refractivity contribution in [2.45, 2.75) is 13.0 Å². The van der Waals surface area contributed by atoms with E-state index < -0.39 is 0 Å². The van der Waals surface area contributed by atoms with E-state index in [4.69, 9.17) is 0 Å². The number of nitrogens with one attached hydrogen (secondary N) is 1. The molecule has 0 bridgehead atoms. The zero-order valence-corrected chi connectivity index (χ0v) is 11.7. The van der Waals surface area contributed by atoms with Crippen LogP contribution in [0.2, 0.25) is 0 Å². The third-order valence-electron chi connectivity index (χ3n) is 3.22. The van der Waals surface area contributed by atoms with E-state index in [0.717, 1.165) is 16.9 Å². The molecule has 1 aromatic carbocycles. The van der Waals surface area contributed by atoms with Crippen LogP contribution in [-0.2, 0) is 0 Å². The maximum Gasteiger partial charge on any atom is 0.0795 e. The highest BCUT2D eigenvalue weighted by atomic mass is 32.1. The van der Waals surface area contributed by atoms with Crippen molar-refractivity contribution in [3.63, 3.8) is 0 Å². The summed E-state index contributed by atoms with van der Waals surface area (Å²) >= 11 is 1.62. The molecular weight excluding hydrogens is 254 g/mol. The molecule has 0 aliphatic heterocycles. The molecule has 3 aromatic rings. The minimum atomic E-state index is 0.136. The Morgan fingerprint density at radius 3 is 2.84 bits per heavy atom. The first-order valence-electron chi connectivity index (χ1n) is 6.20. The summed E-state index contributed by atoms with van der Waals surface area (Å²) in [7, 11) is 1.96. The first-order chi connectivity index (χ1) is 9.28. The molecule has 96 valence electrons. The summed E-state index contributed by atoms with van der Waals surface area (Å²) in [6, 6.07) is 10.7. The van der Waals surface area contributed by atoms with E-state index in [1.807, 2.05) is 25.5 Å². The molecule has 3 nitrogen and oxygen atoms in total. The number of aromatic nitrogens is 2. The average molecular weight is 269 g/mol. The van der Waals surface area contributed by atoms with Gasteiger partial charge in [0.1, 0.15) is 0 Å². The van der Waals surface area contributed by atoms with Crippen molar-refractivity contribution in [3.8, 4) is 0 Å². The molecule has 0 radical (unpaired) electrons. The molecule has 0 spiro atoms. The Labute approximate surface area is 116 Å². The van der Waals surface area contributed by atoms with E-state index in [1.54, 1.807) is 11.3 Å². The Bertz CT molecular complexity index is 692. The number of fused-ring (bicyclic) bond motifs is 1. The first-order valence-corrected chi connectivity index (χ1v) is 7.15. The lowest BCUT2D eigenvalue weighted by molar-refractivity contribution is 0.676. The zero-order chi connectivity index (χ0) is 13.2. The van der Waals surface area contributed by atoms with Crippen LogP contribution in [0.25, 0.3) is 10.9 Å². The minimum Gasteiger partial charge on any atom is -0.308 e. The Hall–Kier alpha value is -1.78. The van der Waals surface area contributed by atoms with Crippen LogP contribution in [0.3, 0.4) is 0 Å². The Kier molecular flexibility index (Phi) is 3.27. The standard InChI is InChI=1S/C15H15N3S/c1-10-3-4-11-7-12(5-6-13(11)18-10)15(16-2)14-8-19-9-17-14/h3-9,15-16H,1-2H3. The molecule has 1 N–H and O–H groups in total. The molecule has 0 aliphatic rings. The fourth-order valence-corrected chi connectivity index (χ4v) is 2.86. The fraction of sp³-hybridized carbons (Fsp3) is 0.200. The van der Waals surface area contributed by atoms with Crippen molar-refractivity contribution >= 4 is 22.2 Å². The van der Waals surface area contributed by atoms with E-state index >= 15 is 0 Å². The molecule has 0 amide bonds. The van der Waals surface area contributed by atoms with Crippen molar-refractivity contribution < 1.29 is 0 Å². The van der Waals surface area contributed by atoms with E-state index in [9.17, 15) is 0 Å². The Morgan fingerprint density at radius 2 is 2.11 bits per heavy atom. The molecule has 1 atom stereocenters. The predicted molar refractivity (Wildman–Crippen MR) is 79.5 cm³/mol. The summed E-state index contributed by atoms with van der Waals surface area (Å²) < 4.78 is 0. The quantitative estimate of drug-likeness (QED) is 0.792. The van der Waals surface area contributed by atoms with E-state index in [1.165, 1.54) is 10.9 Å². The van der Waals surface area contributed by atoms with Crippen LogP contribution in [0.15, 0.2) is 41.2 Å². The van der Waals surface area contributed by atoms with Crippen LogP contribution in [0.1, 0.15) is 23.0 Å². The van der Waals surface area contributed by atoms with E-state index in [0.29, 0.717) is 0 Å². The van der Waals surface area contributed by atoms with Gasteiger partial charge in [0, 0.05) is 16.5 Å². The molecular formula is C15H15N3S. The van der Waals surface area contributed by atoms with Crippen LogP contribution < -0.4 is 5.32 Å². The molecule has 0 saturated heterocycles. The number of thiazole rings is 1. The van der Waals surface area contributed by atoms with Gasteiger partial charge in [0.15, 0.2) is 0 Å². The monoisotopic (exact) mass is 269 g/mol. The van der Waals surface area contributed by atoms with Crippen LogP contribution in [0.4, 0.5) is 0 Å². The molecule has 0 saturated carbocycles. The van der Waals surface area contributed by atoms with Gasteiger partial charge in [-0.25, -0.2) is 4.98 Å². The lowest BCUT2D eigenvalue weighted by Crippen LogP contribution is -2.17. The number of rotatable bonds is 3. The van der Waals surface area contributed by atoms with E-state index in [2.05, 4.69) is 44.9 Å². The summed E-state index contributed by atoms with van der Waals surface area (Å²) in [5.41, 5.74) is 6.23. The third kappa shape index (κ3) is 2.37. The number of benzene rings is 1. The second kappa shape index (κ2) is 5.07. The molecule has 4 heteroatoms. The van der Waals surface area contributed by atoms with E-state index in [-0.39, 0.29) is 6.04 Å².